The van der Waals surface area contributed by atoms with Gasteiger partial charge in [-0.25, -0.2) is 4.98 Å². The number of hydrogen-bond donors (Lipinski definition) is 1. The monoisotopic (exact) mass is 316 g/mol. The van der Waals surface area contributed by atoms with Crippen LogP contribution < -0.4 is 5.32 Å². The van der Waals surface area contributed by atoms with E-state index in [-0.39, 0.29) is 0 Å². The lowest BCUT2D eigenvalue weighted by Crippen LogP contribution is -2.04. The summed E-state index contributed by atoms with van der Waals surface area (Å²) < 4.78 is 0. The Kier molecular flexibility index (Phi) is 4.26. The van der Waals surface area contributed by atoms with Crippen LogP contribution in [0, 0.1) is 13.8 Å². The van der Waals surface area contributed by atoms with Crippen molar-refractivity contribution < 1.29 is 0 Å². The lowest BCUT2D eigenvalue weighted by Gasteiger charge is -2.04. The molecule has 0 aliphatic carbocycles. The van der Waals surface area contributed by atoms with Crippen molar-refractivity contribution in [1.82, 2.24) is 15.2 Å². The van der Waals surface area contributed by atoms with E-state index in [1.54, 1.807) is 22.7 Å². The zero-order chi connectivity index (χ0) is 14.7. The molecule has 0 saturated heterocycles. The van der Waals surface area contributed by atoms with Crippen LogP contribution in [0.3, 0.4) is 0 Å². The second-order valence-corrected chi connectivity index (χ2v) is 7.00. The highest BCUT2D eigenvalue weighted by atomic mass is 32.1. The Bertz CT molecular complexity index is 715. The fourth-order valence-corrected chi connectivity index (χ4v) is 3.26. The molecule has 108 valence electrons. The molecule has 4 nitrogen and oxygen atoms in total. The van der Waals surface area contributed by atoms with Crippen LogP contribution in [-0.4, -0.2) is 21.7 Å². The molecular weight excluding hydrogens is 300 g/mol. The van der Waals surface area contributed by atoms with Crippen molar-refractivity contribution in [3.05, 3.63) is 45.2 Å². The van der Waals surface area contributed by atoms with E-state index in [4.69, 9.17) is 0 Å². The van der Waals surface area contributed by atoms with Gasteiger partial charge in [0, 0.05) is 17.5 Å². The predicted molar refractivity (Wildman–Crippen MR) is 89.1 cm³/mol. The number of nitrogens with zero attached hydrogens (tertiary/aromatic N) is 3. The number of hydrogen-bond acceptors (Lipinski definition) is 6. The van der Waals surface area contributed by atoms with Gasteiger partial charge in [0.1, 0.15) is 5.01 Å². The first kappa shape index (κ1) is 14.2. The van der Waals surface area contributed by atoms with Crippen molar-refractivity contribution in [2.24, 2.45) is 0 Å². The average Bonchev–Trinajstić information content (AvgIpc) is 3.09. The van der Waals surface area contributed by atoms with Gasteiger partial charge in [0.25, 0.3) is 0 Å². The van der Waals surface area contributed by atoms with Crippen LogP contribution in [0.1, 0.15) is 15.6 Å². The third kappa shape index (κ3) is 3.65. The van der Waals surface area contributed by atoms with Crippen LogP contribution >= 0.6 is 22.7 Å². The van der Waals surface area contributed by atoms with Crippen molar-refractivity contribution in [2.45, 2.75) is 20.3 Å². The average molecular weight is 316 g/mol. The fourth-order valence-electron chi connectivity index (χ4n) is 2.02. The van der Waals surface area contributed by atoms with Crippen molar-refractivity contribution >= 4 is 27.8 Å². The summed E-state index contributed by atoms with van der Waals surface area (Å²) in [5.74, 6) is 0. The molecule has 0 unspecified atom stereocenters. The minimum atomic E-state index is 0.865. The van der Waals surface area contributed by atoms with Gasteiger partial charge in [-0.2, -0.15) is 0 Å². The number of anilines is 1. The minimum absolute atomic E-state index is 0.865. The first-order valence-electron chi connectivity index (χ1n) is 6.76. The van der Waals surface area contributed by atoms with Crippen molar-refractivity contribution in [3.8, 4) is 11.3 Å². The molecule has 0 fully saturated rings. The molecule has 1 aromatic carbocycles. The highest BCUT2D eigenvalue weighted by Gasteiger charge is 2.03. The number of nitrogens with one attached hydrogen (secondary N) is 1. The first-order valence-corrected chi connectivity index (χ1v) is 8.46. The smallest absolute Gasteiger partial charge is 0.205 e. The van der Waals surface area contributed by atoms with Crippen LogP contribution in [0.15, 0.2) is 29.6 Å². The lowest BCUT2D eigenvalue weighted by atomic mass is 10.1. The molecule has 0 atom stereocenters. The summed E-state index contributed by atoms with van der Waals surface area (Å²) >= 11 is 3.27. The van der Waals surface area contributed by atoms with Gasteiger partial charge in [0.05, 0.1) is 10.7 Å². The summed E-state index contributed by atoms with van der Waals surface area (Å²) in [7, 11) is 0. The zero-order valence-electron chi connectivity index (χ0n) is 12.0. The molecule has 0 saturated carbocycles. The first-order chi connectivity index (χ1) is 10.2. The highest BCUT2D eigenvalue weighted by Crippen LogP contribution is 2.22. The van der Waals surface area contributed by atoms with Gasteiger partial charge < -0.3 is 5.32 Å². The van der Waals surface area contributed by atoms with Crippen LogP contribution in [0.25, 0.3) is 11.3 Å². The van der Waals surface area contributed by atoms with Crippen molar-refractivity contribution in [3.63, 3.8) is 0 Å². The van der Waals surface area contributed by atoms with Crippen LogP contribution in [0.5, 0.6) is 0 Å². The molecule has 21 heavy (non-hydrogen) atoms. The molecule has 1 N–H and O–H groups in total. The lowest BCUT2D eigenvalue weighted by molar-refractivity contribution is 0.986. The Morgan fingerprint density at radius 3 is 2.48 bits per heavy atom. The Morgan fingerprint density at radius 2 is 1.86 bits per heavy atom. The molecule has 3 aromatic rings. The van der Waals surface area contributed by atoms with Crippen molar-refractivity contribution in [2.75, 3.05) is 11.9 Å². The predicted octanol–water partition coefficient (Wildman–Crippen LogP) is 3.93. The molecule has 0 radical (unpaired) electrons. The van der Waals surface area contributed by atoms with E-state index in [1.165, 1.54) is 11.1 Å². The summed E-state index contributed by atoms with van der Waals surface area (Å²) in [6.07, 6.45) is 0.967. The van der Waals surface area contributed by atoms with Gasteiger partial charge in [-0.05, 0) is 25.8 Å². The van der Waals surface area contributed by atoms with Crippen LogP contribution in [0.2, 0.25) is 0 Å². The molecule has 0 amide bonds. The number of rotatable bonds is 5. The summed E-state index contributed by atoms with van der Waals surface area (Å²) in [4.78, 5) is 4.51. The van der Waals surface area contributed by atoms with Gasteiger partial charge in [-0.3, -0.25) is 0 Å². The van der Waals surface area contributed by atoms with Gasteiger partial charge in [-0.1, -0.05) is 35.6 Å². The molecule has 0 spiro atoms. The number of aromatic nitrogens is 3. The second kappa shape index (κ2) is 6.32. The summed E-state index contributed by atoms with van der Waals surface area (Å²) in [6.45, 7) is 4.86. The molecule has 3 rings (SSSR count). The molecule has 2 aromatic heterocycles. The maximum Gasteiger partial charge on any atom is 0.205 e. The van der Waals surface area contributed by atoms with E-state index in [1.807, 2.05) is 13.8 Å². The SMILES string of the molecule is Cc1nc(-c2ccc(CCNc3nnc(C)s3)cc2)cs1. The van der Waals surface area contributed by atoms with E-state index in [0.717, 1.165) is 33.8 Å². The highest BCUT2D eigenvalue weighted by molar-refractivity contribution is 7.15. The largest absolute Gasteiger partial charge is 0.360 e. The summed E-state index contributed by atoms with van der Waals surface area (Å²) in [5.41, 5.74) is 3.54. The molecule has 0 aliphatic heterocycles. The van der Waals surface area contributed by atoms with Gasteiger partial charge in [0.2, 0.25) is 5.13 Å². The van der Waals surface area contributed by atoms with Crippen molar-refractivity contribution in [1.29, 1.82) is 0 Å². The Hall–Kier alpha value is -1.79. The van der Waals surface area contributed by atoms with Crippen LogP contribution in [0.4, 0.5) is 5.13 Å². The Morgan fingerprint density at radius 1 is 1.05 bits per heavy atom. The number of aryl methyl sites for hydroxylation is 2. The van der Waals surface area contributed by atoms with E-state index in [9.17, 15) is 0 Å². The fraction of sp³-hybridized carbons (Fsp3) is 0.267. The molecule has 0 bridgehead atoms. The molecule has 0 aliphatic rings. The Labute approximate surface area is 131 Å². The van der Waals surface area contributed by atoms with Gasteiger partial charge in [0.15, 0.2) is 0 Å². The topological polar surface area (TPSA) is 50.7 Å². The standard InChI is InChI=1S/C15H16N4S2/c1-10-17-14(9-20-10)13-5-3-12(4-6-13)7-8-16-15-19-18-11(2)21-15/h3-6,9H,7-8H2,1-2H3,(H,16,19). The van der Waals surface area contributed by atoms with Crippen LogP contribution in [-0.2, 0) is 6.42 Å². The number of thiazole rings is 1. The summed E-state index contributed by atoms with van der Waals surface area (Å²) in [5, 5.41) is 16.4. The normalized spacial score (nSPS) is 10.8. The van der Waals surface area contributed by atoms with E-state index < -0.39 is 0 Å². The third-order valence-electron chi connectivity index (χ3n) is 3.08. The molecule has 6 heteroatoms. The third-order valence-corrected chi connectivity index (χ3v) is 4.65. The minimum Gasteiger partial charge on any atom is -0.360 e. The van der Waals surface area contributed by atoms with Gasteiger partial charge in [-0.15, -0.1) is 21.5 Å². The summed E-state index contributed by atoms with van der Waals surface area (Å²) in [6, 6.07) is 8.60. The quantitative estimate of drug-likeness (QED) is 0.775. The van der Waals surface area contributed by atoms with E-state index in [2.05, 4.69) is 50.1 Å². The second-order valence-electron chi connectivity index (χ2n) is 4.75. The maximum absolute atomic E-state index is 4.51. The maximum atomic E-state index is 4.51. The Balaban J connectivity index is 1.57. The van der Waals surface area contributed by atoms with E-state index >= 15 is 0 Å². The molecule has 2 heterocycles. The van der Waals surface area contributed by atoms with E-state index in [0.29, 0.717) is 0 Å². The zero-order valence-corrected chi connectivity index (χ0v) is 13.6. The number of benzene rings is 1. The molecular formula is C15H16N4S2. The van der Waals surface area contributed by atoms with Gasteiger partial charge >= 0.3 is 0 Å².